The average molecular weight is 206 g/mol. The van der Waals surface area contributed by atoms with E-state index in [-0.39, 0.29) is 59.1 Å². The normalized spacial score (nSPS) is 9.00. The Balaban J connectivity index is -0.000000500. The van der Waals surface area contributed by atoms with Gasteiger partial charge in [-0.2, -0.15) is 0 Å². The number of aliphatic carboxylic acids is 3. The molecular weight excluding hydrogens is 202 g/mol. The smallest absolute Gasteiger partial charge is 0.549 e. The van der Waals surface area contributed by atoms with E-state index in [1.54, 1.807) is 0 Å². The molecule has 13 heavy (non-hydrogen) atoms. The molecule has 8 heteroatoms. The minimum Gasteiger partial charge on any atom is -0.549 e. The van der Waals surface area contributed by atoms with E-state index in [4.69, 9.17) is 5.11 Å². The molecule has 0 rings (SSSR count). The first-order valence-corrected chi connectivity index (χ1v) is 2.49. The Morgan fingerprint density at radius 3 is 1.31 bits per heavy atom. The fourth-order valence-electron chi connectivity index (χ4n) is 0.258. The fourth-order valence-corrected chi connectivity index (χ4v) is 0.258. The summed E-state index contributed by atoms with van der Waals surface area (Å²) in [6.45, 7) is 0.486. The molecular formula is C5H4Na2O6. The van der Waals surface area contributed by atoms with Gasteiger partial charge >= 0.3 is 65.1 Å². The van der Waals surface area contributed by atoms with Crippen LogP contribution in [-0.4, -0.2) is 23.0 Å². The monoisotopic (exact) mass is 206 g/mol. The van der Waals surface area contributed by atoms with E-state index in [2.05, 4.69) is 0 Å². The summed E-state index contributed by atoms with van der Waals surface area (Å²) < 4.78 is 0. The maximum atomic E-state index is 10.1. The number of hydrogen-bond donors (Lipinski definition) is 1. The van der Waals surface area contributed by atoms with Gasteiger partial charge in [-0.25, -0.2) is 0 Å². The minimum absolute atomic E-state index is 0. The number of carbonyl (C=O) groups excluding carboxylic acids is 2. The summed E-state index contributed by atoms with van der Waals surface area (Å²) >= 11 is 0. The quantitative estimate of drug-likeness (QED) is 0.362. The van der Waals surface area contributed by atoms with Gasteiger partial charge in [-0.05, 0) is 6.92 Å². The molecule has 0 aliphatic carbocycles. The van der Waals surface area contributed by atoms with Crippen LogP contribution >= 0.6 is 0 Å². The molecule has 0 saturated carbocycles. The molecule has 0 fully saturated rings. The van der Waals surface area contributed by atoms with Crippen molar-refractivity contribution in [2.75, 3.05) is 0 Å². The first kappa shape index (κ1) is 19.1. The van der Waals surface area contributed by atoms with Crippen molar-refractivity contribution in [2.45, 2.75) is 6.92 Å². The first-order chi connectivity index (χ1) is 4.83. The summed E-state index contributed by atoms with van der Waals surface area (Å²) in [5.74, 6) is -6.42. The second kappa shape index (κ2) is 6.80. The van der Waals surface area contributed by atoms with Gasteiger partial charge in [0.1, 0.15) is 5.41 Å². The third-order valence-electron chi connectivity index (χ3n) is 1.24. The van der Waals surface area contributed by atoms with Crippen molar-refractivity contribution in [3.63, 3.8) is 0 Å². The second-order valence-electron chi connectivity index (χ2n) is 2.01. The molecule has 0 radical (unpaired) electrons. The van der Waals surface area contributed by atoms with Gasteiger partial charge in [-0.15, -0.1) is 0 Å². The van der Waals surface area contributed by atoms with Crippen LogP contribution in [0.1, 0.15) is 6.92 Å². The standard InChI is InChI=1S/C5H6O6.2Na/c1-5(2(6)7,3(8)9)4(10)11;;/h1H3,(H,6,7)(H,8,9)(H,10,11);;/q;2*+1/p-2. The van der Waals surface area contributed by atoms with Crippen molar-refractivity contribution in [3.05, 3.63) is 0 Å². The molecule has 0 aromatic carbocycles. The summed E-state index contributed by atoms with van der Waals surface area (Å²) in [5.41, 5.74) is -2.97. The average Bonchev–Trinajstić information content (AvgIpc) is 1.84. The van der Waals surface area contributed by atoms with Gasteiger partial charge in [0.2, 0.25) is 0 Å². The molecule has 0 heterocycles. The molecule has 0 aromatic rings. The van der Waals surface area contributed by atoms with Crippen molar-refractivity contribution in [3.8, 4) is 0 Å². The number of carboxylic acids is 3. The fraction of sp³-hybridized carbons (Fsp3) is 0.400. The summed E-state index contributed by atoms with van der Waals surface area (Å²) in [6.07, 6.45) is 0. The summed E-state index contributed by atoms with van der Waals surface area (Å²) in [6, 6.07) is 0. The van der Waals surface area contributed by atoms with Crippen LogP contribution in [0.5, 0.6) is 0 Å². The second-order valence-corrected chi connectivity index (χ2v) is 2.01. The molecule has 0 unspecified atom stereocenters. The number of carbonyl (C=O) groups is 3. The molecule has 0 saturated heterocycles. The van der Waals surface area contributed by atoms with Gasteiger partial charge in [0.05, 0.1) is 11.9 Å². The van der Waals surface area contributed by atoms with Crippen LogP contribution < -0.4 is 69.3 Å². The van der Waals surface area contributed by atoms with Crippen LogP contribution in [0.3, 0.4) is 0 Å². The minimum atomic E-state index is -2.97. The van der Waals surface area contributed by atoms with Gasteiger partial charge in [-0.3, -0.25) is 4.79 Å². The molecule has 0 aliphatic heterocycles. The Morgan fingerprint density at radius 2 is 1.31 bits per heavy atom. The Hall–Kier alpha value is 0.410. The molecule has 0 atom stereocenters. The van der Waals surface area contributed by atoms with Crippen molar-refractivity contribution in [1.29, 1.82) is 0 Å². The third kappa shape index (κ3) is 3.97. The number of rotatable bonds is 3. The van der Waals surface area contributed by atoms with Gasteiger partial charge in [0.15, 0.2) is 0 Å². The van der Waals surface area contributed by atoms with Crippen molar-refractivity contribution in [1.82, 2.24) is 0 Å². The largest absolute Gasteiger partial charge is 1.00 e. The topological polar surface area (TPSA) is 118 Å². The van der Waals surface area contributed by atoms with E-state index in [1.165, 1.54) is 0 Å². The van der Waals surface area contributed by atoms with E-state index >= 15 is 0 Å². The van der Waals surface area contributed by atoms with Crippen molar-refractivity contribution < 1.29 is 88.8 Å². The Kier molecular flexibility index (Phi) is 9.97. The van der Waals surface area contributed by atoms with E-state index in [0.29, 0.717) is 6.92 Å². The van der Waals surface area contributed by atoms with Gasteiger partial charge < -0.3 is 24.9 Å². The summed E-state index contributed by atoms with van der Waals surface area (Å²) in [7, 11) is 0. The van der Waals surface area contributed by atoms with Crippen LogP contribution in [0.15, 0.2) is 0 Å². The molecule has 0 aliphatic rings. The summed E-state index contributed by atoms with van der Waals surface area (Å²) in [5, 5.41) is 28.1. The van der Waals surface area contributed by atoms with Crippen LogP contribution in [0.2, 0.25) is 0 Å². The van der Waals surface area contributed by atoms with Gasteiger partial charge in [0, 0.05) is 0 Å². The van der Waals surface area contributed by atoms with E-state index in [0.717, 1.165) is 0 Å². The van der Waals surface area contributed by atoms with Crippen LogP contribution in [0.25, 0.3) is 0 Å². The Morgan fingerprint density at radius 1 is 1.08 bits per heavy atom. The van der Waals surface area contributed by atoms with Gasteiger partial charge in [0.25, 0.3) is 0 Å². The zero-order chi connectivity index (χ0) is 9.23. The maximum absolute atomic E-state index is 10.1. The van der Waals surface area contributed by atoms with E-state index < -0.39 is 23.3 Å². The molecule has 0 aromatic heterocycles. The molecule has 0 amide bonds. The molecule has 1 N–H and O–H groups in total. The molecule has 62 valence electrons. The zero-order valence-corrected chi connectivity index (χ0v) is 11.5. The Labute approximate surface area is 118 Å². The third-order valence-corrected chi connectivity index (χ3v) is 1.24. The van der Waals surface area contributed by atoms with Crippen LogP contribution in [0.4, 0.5) is 0 Å². The van der Waals surface area contributed by atoms with Crippen LogP contribution in [-0.2, 0) is 14.4 Å². The predicted octanol–water partition coefficient (Wildman–Crippen LogP) is -9.41. The Bertz CT molecular complexity index is 189. The molecule has 0 bridgehead atoms. The predicted molar refractivity (Wildman–Crippen MR) is 25.8 cm³/mol. The summed E-state index contributed by atoms with van der Waals surface area (Å²) in [4.78, 5) is 30.0. The van der Waals surface area contributed by atoms with Crippen molar-refractivity contribution in [2.24, 2.45) is 5.41 Å². The SMILES string of the molecule is CC(C(=O)[O-])(C(=O)[O-])C(=O)O.[Na+].[Na+]. The first-order valence-electron chi connectivity index (χ1n) is 2.49. The molecule has 0 spiro atoms. The van der Waals surface area contributed by atoms with Crippen LogP contribution in [0, 0.1) is 5.41 Å². The van der Waals surface area contributed by atoms with E-state index in [1.807, 2.05) is 0 Å². The number of carboxylic acid groups (broad SMARTS) is 3. The van der Waals surface area contributed by atoms with E-state index in [9.17, 15) is 24.6 Å². The van der Waals surface area contributed by atoms with Crippen molar-refractivity contribution >= 4 is 17.9 Å². The van der Waals surface area contributed by atoms with Gasteiger partial charge in [-0.1, -0.05) is 0 Å². The number of hydrogen-bond acceptors (Lipinski definition) is 5. The maximum Gasteiger partial charge on any atom is 1.00 e. The molecule has 6 nitrogen and oxygen atoms in total. The zero-order valence-electron chi connectivity index (χ0n) is 7.49.